The van der Waals surface area contributed by atoms with Crippen molar-refractivity contribution in [3.63, 3.8) is 0 Å². The van der Waals surface area contributed by atoms with Crippen molar-refractivity contribution < 1.29 is 18.7 Å². The number of likely N-dealkylation sites (tertiary alicyclic amines) is 1. The van der Waals surface area contributed by atoms with Crippen LogP contribution in [0.3, 0.4) is 0 Å². The Bertz CT molecular complexity index is 1710. The fourth-order valence-corrected chi connectivity index (χ4v) is 5.84. The van der Waals surface area contributed by atoms with Gasteiger partial charge in [0.1, 0.15) is 18.5 Å². The highest BCUT2D eigenvalue weighted by molar-refractivity contribution is 6.39. The minimum Gasteiger partial charge on any atom is -0.378 e. The SMILES string of the molecule is O=C(Nc1c(Cl)cncc1Cl)Nc1cc(-c2cccc(-c3ccc(CC(O)NCCN4CCCCC4)cc3)c2)nn(CC(F)F)c1=O. The normalized spacial score (nSPS) is 14.3. The fraction of sp³-hybridized carbons (Fsp3) is 0.333. The maximum atomic E-state index is 13.4. The van der Waals surface area contributed by atoms with Crippen molar-refractivity contribution in [3.05, 3.63) is 93.0 Å². The molecule has 1 fully saturated rings. The number of hydrogen-bond acceptors (Lipinski definition) is 7. The predicted octanol–water partition coefficient (Wildman–Crippen LogP) is 6.12. The van der Waals surface area contributed by atoms with Gasteiger partial charge in [-0.1, -0.05) is 72.1 Å². The van der Waals surface area contributed by atoms with Gasteiger partial charge >= 0.3 is 6.03 Å². The average Bonchev–Trinajstić information content (AvgIpc) is 3.05. The van der Waals surface area contributed by atoms with Crippen LogP contribution in [0.2, 0.25) is 10.0 Å². The van der Waals surface area contributed by atoms with Crippen LogP contribution >= 0.6 is 23.2 Å². The number of aliphatic hydroxyl groups excluding tert-OH is 1. The van der Waals surface area contributed by atoms with E-state index in [1.807, 2.05) is 36.4 Å². The maximum absolute atomic E-state index is 13.4. The number of carbonyl (C=O) groups excluding carboxylic acids is 1. The van der Waals surface area contributed by atoms with Gasteiger partial charge in [0.25, 0.3) is 12.0 Å². The second-order valence-corrected chi connectivity index (χ2v) is 12.0. The standard InChI is InChI=1S/C33H35Cl2F2N7O3/c34-25-18-38-19-26(35)31(25)41-33(47)40-28-17-27(42-44(32(28)46)20-29(36)37)24-6-4-5-23(16-24)22-9-7-21(8-10-22)15-30(45)39-11-14-43-12-2-1-3-13-43/h4-10,16-19,29-30,39,45H,1-3,11-15,20H2,(H2,38,40,41,47). The molecule has 5 rings (SSSR count). The Morgan fingerprint density at radius 3 is 2.34 bits per heavy atom. The smallest absolute Gasteiger partial charge is 0.323 e. The third kappa shape index (κ3) is 9.55. The Hall–Kier alpha value is -3.94. The summed E-state index contributed by atoms with van der Waals surface area (Å²) in [6.07, 6.45) is 3.25. The number of pyridine rings is 1. The number of anilines is 2. The highest BCUT2D eigenvalue weighted by atomic mass is 35.5. The van der Waals surface area contributed by atoms with E-state index in [9.17, 15) is 23.5 Å². The lowest BCUT2D eigenvalue weighted by atomic mass is 9.99. The molecule has 0 aliphatic carbocycles. The first-order valence-electron chi connectivity index (χ1n) is 15.3. The van der Waals surface area contributed by atoms with Crippen LogP contribution in [0.1, 0.15) is 24.8 Å². The van der Waals surface area contributed by atoms with Gasteiger partial charge in [-0.05, 0) is 54.8 Å². The molecule has 2 amide bonds. The van der Waals surface area contributed by atoms with Gasteiger partial charge in [-0.2, -0.15) is 5.10 Å². The molecule has 3 heterocycles. The highest BCUT2D eigenvalue weighted by Gasteiger charge is 2.18. The molecule has 0 saturated carbocycles. The van der Waals surface area contributed by atoms with Crippen LogP contribution in [0.25, 0.3) is 22.4 Å². The van der Waals surface area contributed by atoms with Crippen molar-refractivity contribution in [1.82, 2.24) is 25.0 Å². The van der Waals surface area contributed by atoms with Crippen LogP contribution in [0, 0.1) is 0 Å². The van der Waals surface area contributed by atoms with Crippen molar-refractivity contribution in [2.24, 2.45) is 0 Å². The Kier molecular flexibility index (Phi) is 11.9. The van der Waals surface area contributed by atoms with Gasteiger partial charge in [0.2, 0.25) is 0 Å². The molecule has 2 aromatic carbocycles. The second-order valence-electron chi connectivity index (χ2n) is 11.2. The quantitative estimate of drug-likeness (QED) is 0.132. The van der Waals surface area contributed by atoms with E-state index in [4.69, 9.17) is 23.2 Å². The molecule has 10 nitrogen and oxygen atoms in total. The molecule has 1 saturated heterocycles. The van der Waals surface area contributed by atoms with Crippen LogP contribution < -0.4 is 21.5 Å². The molecule has 1 aliphatic rings. The summed E-state index contributed by atoms with van der Waals surface area (Å²) in [6, 6.07) is 15.4. The molecular formula is C33H35Cl2F2N7O3. The third-order valence-electron chi connectivity index (χ3n) is 7.76. The van der Waals surface area contributed by atoms with Gasteiger partial charge in [-0.3, -0.25) is 15.1 Å². The third-order valence-corrected chi connectivity index (χ3v) is 8.33. The van der Waals surface area contributed by atoms with Crippen molar-refractivity contribution in [1.29, 1.82) is 0 Å². The van der Waals surface area contributed by atoms with E-state index in [0.717, 1.165) is 42.9 Å². The summed E-state index contributed by atoms with van der Waals surface area (Å²) in [5.41, 5.74) is 2.28. The van der Waals surface area contributed by atoms with E-state index in [1.165, 1.54) is 37.7 Å². The van der Waals surface area contributed by atoms with Crippen molar-refractivity contribution in [2.75, 3.05) is 36.8 Å². The molecule has 1 unspecified atom stereocenters. The summed E-state index contributed by atoms with van der Waals surface area (Å²) in [5.74, 6) is 0. The number of hydrogen-bond donors (Lipinski definition) is 4. The number of aliphatic hydroxyl groups is 1. The van der Waals surface area contributed by atoms with E-state index < -0.39 is 30.8 Å². The number of urea groups is 1. The Labute approximate surface area is 280 Å². The number of carbonyl (C=O) groups is 1. The number of nitrogens with zero attached hydrogens (tertiary/aromatic N) is 4. The summed E-state index contributed by atoms with van der Waals surface area (Å²) in [4.78, 5) is 32.0. The average molecular weight is 687 g/mol. The van der Waals surface area contributed by atoms with E-state index in [0.29, 0.717) is 16.7 Å². The van der Waals surface area contributed by atoms with Crippen LogP contribution in [-0.4, -0.2) is 69.6 Å². The number of alkyl halides is 2. The predicted molar refractivity (Wildman–Crippen MR) is 180 cm³/mol. The molecule has 1 atom stereocenters. The molecule has 0 spiro atoms. The van der Waals surface area contributed by atoms with Crippen LogP contribution in [0.5, 0.6) is 0 Å². The molecule has 0 bridgehead atoms. The van der Waals surface area contributed by atoms with Crippen LogP contribution in [-0.2, 0) is 13.0 Å². The molecule has 2 aromatic heterocycles. The lowest BCUT2D eigenvalue weighted by molar-refractivity contribution is 0.120. The zero-order valence-corrected chi connectivity index (χ0v) is 26.9. The minimum absolute atomic E-state index is 0.0686. The molecule has 47 heavy (non-hydrogen) atoms. The van der Waals surface area contributed by atoms with Gasteiger partial charge in [0.15, 0.2) is 0 Å². The van der Waals surface area contributed by atoms with Crippen molar-refractivity contribution >= 4 is 40.6 Å². The molecular weight excluding hydrogens is 651 g/mol. The van der Waals surface area contributed by atoms with E-state index in [-0.39, 0.29) is 27.1 Å². The maximum Gasteiger partial charge on any atom is 0.323 e. The van der Waals surface area contributed by atoms with E-state index in [2.05, 4.69) is 30.9 Å². The lowest BCUT2D eigenvalue weighted by Gasteiger charge is -2.26. The van der Waals surface area contributed by atoms with Gasteiger partial charge in [0.05, 0.1) is 21.4 Å². The van der Waals surface area contributed by atoms with Gasteiger partial charge < -0.3 is 20.6 Å². The number of halogens is 4. The number of piperidine rings is 1. The van der Waals surface area contributed by atoms with Crippen molar-refractivity contribution in [3.8, 4) is 22.4 Å². The van der Waals surface area contributed by atoms with Gasteiger partial charge in [-0.25, -0.2) is 18.3 Å². The fourth-order valence-electron chi connectivity index (χ4n) is 5.38. The number of nitrogens with one attached hydrogen (secondary N) is 3. The summed E-state index contributed by atoms with van der Waals surface area (Å²) in [5, 5.41) is 22.8. The lowest BCUT2D eigenvalue weighted by Crippen LogP contribution is -2.40. The van der Waals surface area contributed by atoms with E-state index >= 15 is 0 Å². The molecule has 14 heteroatoms. The molecule has 1 aliphatic heterocycles. The summed E-state index contributed by atoms with van der Waals surface area (Å²) >= 11 is 12.1. The Balaban J connectivity index is 1.30. The summed E-state index contributed by atoms with van der Waals surface area (Å²) in [6.45, 7) is 2.90. The van der Waals surface area contributed by atoms with Crippen molar-refractivity contribution in [2.45, 2.75) is 44.9 Å². The van der Waals surface area contributed by atoms with Crippen LogP contribution in [0.4, 0.5) is 25.0 Å². The number of rotatable bonds is 12. The minimum atomic E-state index is -2.86. The molecule has 0 radical (unpaired) electrons. The number of aromatic nitrogens is 3. The van der Waals surface area contributed by atoms with E-state index in [1.54, 1.807) is 12.1 Å². The van der Waals surface area contributed by atoms with Crippen LogP contribution in [0.15, 0.2) is 71.8 Å². The first kappa shape index (κ1) is 34.4. The molecule has 4 aromatic rings. The molecule has 4 N–H and O–H groups in total. The Morgan fingerprint density at radius 2 is 1.64 bits per heavy atom. The van der Waals surface area contributed by atoms with Gasteiger partial charge in [0, 0.05) is 37.5 Å². The number of amides is 2. The number of benzene rings is 2. The zero-order chi connectivity index (χ0) is 33.3. The monoisotopic (exact) mass is 685 g/mol. The second kappa shape index (κ2) is 16.2. The molecule has 248 valence electrons. The Morgan fingerprint density at radius 1 is 0.936 bits per heavy atom. The van der Waals surface area contributed by atoms with Gasteiger partial charge in [-0.15, -0.1) is 0 Å². The summed E-state index contributed by atoms with van der Waals surface area (Å²) < 4.78 is 27.4. The zero-order valence-electron chi connectivity index (χ0n) is 25.4. The highest BCUT2D eigenvalue weighted by Crippen LogP contribution is 2.29. The first-order valence-corrected chi connectivity index (χ1v) is 16.0. The summed E-state index contributed by atoms with van der Waals surface area (Å²) in [7, 11) is 0. The first-order chi connectivity index (χ1) is 22.7. The topological polar surface area (TPSA) is 124 Å². The largest absolute Gasteiger partial charge is 0.378 e.